The molecule has 2 atom stereocenters. The van der Waals surface area contributed by atoms with Crippen molar-refractivity contribution in [2.24, 2.45) is 11.8 Å². The van der Waals surface area contributed by atoms with E-state index >= 15 is 0 Å². The van der Waals surface area contributed by atoms with E-state index in [0.29, 0.717) is 12.5 Å². The van der Waals surface area contributed by atoms with Crippen molar-refractivity contribution in [3.05, 3.63) is 20.8 Å². The number of nitrogens with two attached hydrogens (primary N) is 1. The quantitative estimate of drug-likeness (QED) is 0.606. The van der Waals surface area contributed by atoms with E-state index in [1.165, 1.54) is 35.2 Å². The van der Waals surface area contributed by atoms with Gasteiger partial charge in [0.2, 0.25) is 5.91 Å². The fourth-order valence-corrected chi connectivity index (χ4v) is 5.02. The van der Waals surface area contributed by atoms with Crippen molar-refractivity contribution in [3.63, 3.8) is 0 Å². The van der Waals surface area contributed by atoms with E-state index < -0.39 is 11.2 Å². The molecule has 2 fully saturated rings. The maximum atomic E-state index is 13.3. The first kappa shape index (κ1) is 23.5. The van der Waals surface area contributed by atoms with Crippen LogP contribution in [0.15, 0.2) is 9.59 Å². The number of fused-ring (bicyclic) bond motifs is 1. The minimum absolute atomic E-state index is 0.0395. The molecule has 1 saturated carbocycles. The van der Waals surface area contributed by atoms with E-state index in [1.807, 2.05) is 6.92 Å². The van der Waals surface area contributed by atoms with Crippen LogP contribution in [0, 0.1) is 11.8 Å². The maximum Gasteiger partial charge on any atom is 0.330 e. The summed E-state index contributed by atoms with van der Waals surface area (Å²) < 4.78 is 6.52. The number of hydrogen-bond acceptors (Lipinski definition) is 6. The van der Waals surface area contributed by atoms with Crippen LogP contribution in [0.5, 0.6) is 0 Å². The molecule has 0 bridgehead atoms. The van der Waals surface area contributed by atoms with E-state index in [1.54, 1.807) is 7.11 Å². The Morgan fingerprint density at radius 1 is 1.23 bits per heavy atom. The Morgan fingerprint density at radius 3 is 2.68 bits per heavy atom. The summed E-state index contributed by atoms with van der Waals surface area (Å²) in [5.41, 5.74) is 5.12. The van der Waals surface area contributed by atoms with Gasteiger partial charge in [-0.2, -0.15) is 0 Å². The Hall–Kier alpha value is -2.13. The average Bonchev–Trinajstić information content (AvgIpc) is 2.75. The van der Waals surface area contributed by atoms with Crippen molar-refractivity contribution in [2.75, 3.05) is 50.5 Å². The number of likely N-dealkylation sites (tertiary alicyclic amines) is 1. The summed E-state index contributed by atoms with van der Waals surface area (Å²) >= 11 is 0. The van der Waals surface area contributed by atoms with Crippen LogP contribution in [0.4, 0.5) is 11.5 Å². The molecule has 0 aromatic carbocycles. The number of carbonyl (C=O) groups is 1. The Bertz CT molecular complexity index is 864. The first-order valence-corrected chi connectivity index (χ1v) is 11.6. The number of H-pyrrole nitrogens is 1. The van der Waals surface area contributed by atoms with Crippen LogP contribution in [0.25, 0.3) is 0 Å². The lowest BCUT2D eigenvalue weighted by atomic mass is 9.75. The summed E-state index contributed by atoms with van der Waals surface area (Å²) in [6, 6.07) is 0. The number of anilines is 2. The summed E-state index contributed by atoms with van der Waals surface area (Å²) in [4.78, 5) is 44.2. The van der Waals surface area contributed by atoms with Crippen LogP contribution in [-0.4, -0.2) is 60.3 Å². The molecule has 1 aliphatic heterocycles. The van der Waals surface area contributed by atoms with Crippen LogP contribution in [0.3, 0.4) is 0 Å². The molecule has 1 aromatic rings. The fourth-order valence-electron chi connectivity index (χ4n) is 5.02. The topological polar surface area (TPSA) is 114 Å². The lowest BCUT2D eigenvalue weighted by Crippen LogP contribution is -2.49. The first-order chi connectivity index (χ1) is 15.0. The SMILES string of the molecule is CCCCn1c(N)c(N(CCOC)C(=O)CN2CC[C@@H]3CCCC[C@@H]3C2)c(=O)[nH]c1=O. The molecule has 174 valence electrons. The summed E-state index contributed by atoms with van der Waals surface area (Å²) in [5, 5.41) is 0. The van der Waals surface area contributed by atoms with Crippen molar-refractivity contribution in [1.29, 1.82) is 0 Å². The number of piperidine rings is 1. The number of nitrogens with zero attached hydrogens (tertiary/aromatic N) is 3. The predicted octanol–water partition coefficient (Wildman–Crippen LogP) is 1.41. The number of unbranched alkanes of at least 4 members (excludes halogenated alkanes) is 1. The molecular weight excluding hydrogens is 398 g/mol. The smallest absolute Gasteiger partial charge is 0.330 e. The summed E-state index contributed by atoms with van der Waals surface area (Å²) in [5.74, 6) is 1.29. The highest BCUT2D eigenvalue weighted by Crippen LogP contribution is 2.36. The molecule has 2 heterocycles. The second-order valence-corrected chi connectivity index (χ2v) is 8.86. The number of rotatable bonds is 9. The molecule has 3 N–H and O–H groups in total. The van der Waals surface area contributed by atoms with Crippen LogP contribution >= 0.6 is 0 Å². The highest BCUT2D eigenvalue weighted by molar-refractivity contribution is 5.96. The zero-order valence-electron chi connectivity index (χ0n) is 18.9. The summed E-state index contributed by atoms with van der Waals surface area (Å²) in [6.45, 7) is 4.94. The number of nitrogens with one attached hydrogen (secondary N) is 1. The molecule has 2 aliphatic rings. The van der Waals surface area contributed by atoms with Gasteiger partial charge in [-0.1, -0.05) is 32.6 Å². The molecule has 1 aromatic heterocycles. The van der Waals surface area contributed by atoms with Crippen molar-refractivity contribution in [1.82, 2.24) is 14.5 Å². The van der Waals surface area contributed by atoms with Crippen LogP contribution < -0.4 is 21.9 Å². The van der Waals surface area contributed by atoms with E-state index in [4.69, 9.17) is 10.5 Å². The third-order valence-electron chi connectivity index (χ3n) is 6.77. The second kappa shape index (κ2) is 10.9. The van der Waals surface area contributed by atoms with E-state index in [-0.39, 0.29) is 37.1 Å². The van der Waals surface area contributed by atoms with Gasteiger partial charge in [-0.05, 0) is 37.6 Å². The van der Waals surface area contributed by atoms with Gasteiger partial charge in [-0.3, -0.25) is 24.0 Å². The third kappa shape index (κ3) is 5.57. The highest BCUT2D eigenvalue weighted by atomic mass is 16.5. The number of ether oxygens (including phenoxy) is 1. The molecule has 0 spiro atoms. The lowest BCUT2D eigenvalue weighted by Gasteiger charge is -2.41. The average molecular weight is 436 g/mol. The van der Waals surface area contributed by atoms with Gasteiger partial charge in [0.05, 0.1) is 13.2 Å². The number of nitrogen functional groups attached to an aromatic ring is 1. The van der Waals surface area contributed by atoms with Crippen molar-refractivity contribution >= 4 is 17.4 Å². The highest BCUT2D eigenvalue weighted by Gasteiger charge is 2.33. The molecule has 1 aliphatic carbocycles. The van der Waals surface area contributed by atoms with E-state index in [9.17, 15) is 14.4 Å². The molecule has 1 amide bonds. The molecule has 0 unspecified atom stereocenters. The molecule has 31 heavy (non-hydrogen) atoms. The molecule has 0 radical (unpaired) electrons. The Morgan fingerprint density at radius 2 is 1.97 bits per heavy atom. The standard InChI is InChI=1S/C22H37N5O4/c1-3-4-10-27-20(23)19(21(29)24-22(27)30)26(12-13-31-2)18(28)15-25-11-9-16-7-5-6-8-17(16)14-25/h16-17H,3-15,23H2,1-2H3,(H,24,29,30)/t16-,17+/m0/s1. The number of aromatic amines is 1. The molecule has 9 nitrogen and oxygen atoms in total. The van der Waals surface area contributed by atoms with E-state index in [0.717, 1.165) is 38.3 Å². The first-order valence-electron chi connectivity index (χ1n) is 11.6. The van der Waals surface area contributed by atoms with Crippen molar-refractivity contribution in [2.45, 2.75) is 58.4 Å². The zero-order valence-corrected chi connectivity index (χ0v) is 18.9. The largest absolute Gasteiger partial charge is 0.383 e. The summed E-state index contributed by atoms with van der Waals surface area (Å²) in [7, 11) is 1.55. The van der Waals surface area contributed by atoms with Gasteiger partial charge in [0.25, 0.3) is 5.56 Å². The van der Waals surface area contributed by atoms with Gasteiger partial charge in [0, 0.05) is 26.7 Å². The monoisotopic (exact) mass is 435 g/mol. The Labute approximate surface area is 183 Å². The lowest BCUT2D eigenvalue weighted by molar-refractivity contribution is -0.120. The number of carbonyl (C=O) groups excluding carboxylic acids is 1. The number of methoxy groups -OCH3 is 1. The van der Waals surface area contributed by atoms with Crippen LogP contribution in [-0.2, 0) is 16.1 Å². The van der Waals surface area contributed by atoms with Crippen LogP contribution in [0.2, 0.25) is 0 Å². The van der Waals surface area contributed by atoms with Gasteiger partial charge in [-0.15, -0.1) is 0 Å². The molecule has 3 rings (SSSR count). The number of aromatic nitrogens is 2. The van der Waals surface area contributed by atoms with Gasteiger partial charge in [0.1, 0.15) is 5.82 Å². The molecular formula is C22H37N5O4. The minimum atomic E-state index is -0.634. The third-order valence-corrected chi connectivity index (χ3v) is 6.77. The Kier molecular flexibility index (Phi) is 8.31. The zero-order chi connectivity index (χ0) is 22.4. The fraction of sp³-hybridized carbons (Fsp3) is 0.773. The molecule has 9 heteroatoms. The van der Waals surface area contributed by atoms with Crippen molar-refractivity contribution in [3.8, 4) is 0 Å². The normalized spacial score (nSPS) is 21.6. The van der Waals surface area contributed by atoms with Gasteiger partial charge >= 0.3 is 5.69 Å². The number of hydrogen-bond donors (Lipinski definition) is 2. The minimum Gasteiger partial charge on any atom is -0.383 e. The molecule has 1 saturated heterocycles. The van der Waals surface area contributed by atoms with Gasteiger partial charge in [-0.25, -0.2) is 4.79 Å². The van der Waals surface area contributed by atoms with Crippen LogP contribution in [0.1, 0.15) is 51.9 Å². The van der Waals surface area contributed by atoms with Gasteiger partial charge < -0.3 is 15.4 Å². The van der Waals surface area contributed by atoms with Gasteiger partial charge in [0.15, 0.2) is 5.69 Å². The predicted molar refractivity (Wildman–Crippen MR) is 121 cm³/mol. The second-order valence-electron chi connectivity index (χ2n) is 8.86. The summed E-state index contributed by atoms with van der Waals surface area (Å²) in [6.07, 6.45) is 7.88. The number of amides is 1. The van der Waals surface area contributed by atoms with E-state index in [2.05, 4.69) is 9.88 Å². The maximum absolute atomic E-state index is 13.3. The van der Waals surface area contributed by atoms with Crippen molar-refractivity contribution < 1.29 is 9.53 Å². The Balaban J connectivity index is 1.82.